The maximum absolute atomic E-state index is 11.7. The molecule has 0 aromatic heterocycles. The van der Waals surface area contributed by atoms with E-state index in [-0.39, 0.29) is 27.6 Å². The van der Waals surface area contributed by atoms with Gasteiger partial charge in [-0.15, -0.1) is 0 Å². The standard InChI is InChI=1S/C18H17Br2NO6/c1-9(2)12-13(19)17(14(20)15(21(23)24)16(12)25-3)27-11-7-5-6-10(8-11)18(22)26-4/h5-9H,1-4H3. The molecule has 9 heteroatoms. The highest BCUT2D eigenvalue weighted by molar-refractivity contribution is 9.11. The van der Waals surface area contributed by atoms with Crippen LogP contribution in [0.1, 0.15) is 35.7 Å². The van der Waals surface area contributed by atoms with Crippen molar-refractivity contribution in [2.75, 3.05) is 14.2 Å². The molecule has 0 spiro atoms. The van der Waals surface area contributed by atoms with Crippen molar-refractivity contribution in [3.63, 3.8) is 0 Å². The van der Waals surface area contributed by atoms with Crippen LogP contribution in [0, 0.1) is 10.1 Å². The Morgan fingerprint density at radius 3 is 2.33 bits per heavy atom. The smallest absolute Gasteiger partial charge is 0.337 e. The van der Waals surface area contributed by atoms with Gasteiger partial charge in [-0.05, 0) is 56.0 Å². The van der Waals surface area contributed by atoms with Crippen LogP contribution < -0.4 is 9.47 Å². The number of nitrogens with zero attached hydrogens (tertiary/aromatic N) is 1. The number of hydrogen-bond acceptors (Lipinski definition) is 6. The summed E-state index contributed by atoms with van der Waals surface area (Å²) >= 11 is 6.73. The van der Waals surface area contributed by atoms with E-state index in [1.165, 1.54) is 20.3 Å². The summed E-state index contributed by atoms with van der Waals surface area (Å²) in [6, 6.07) is 6.34. The zero-order valence-electron chi connectivity index (χ0n) is 15.0. The monoisotopic (exact) mass is 501 g/mol. The van der Waals surface area contributed by atoms with Gasteiger partial charge in [0.2, 0.25) is 5.75 Å². The summed E-state index contributed by atoms with van der Waals surface area (Å²) in [5.41, 5.74) is 0.671. The van der Waals surface area contributed by atoms with Crippen molar-refractivity contribution in [1.82, 2.24) is 0 Å². The molecule has 144 valence electrons. The van der Waals surface area contributed by atoms with E-state index in [1.54, 1.807) is 18.2 Å². The first kappa shape index (κ1) is 21.2. The lowest BCUT2D eigenvalue weighted by atomic mass is 10.0. The molecule has 0 bridgehead atoms. The zero-order chi connectivity index (χ0) is 20.3. The van der Waals surface area contributed by atoms with Gasteiger partial charge in [0.05, 0.1) is 29.2 Å². The van der Waals surface area contributed by atoms with Crippen molar-refractivity contribution in [2.45, 2.75) is 19.8 Å². The van der Waals surface area contributed by atoms with E-state index in [2.05, 4.69) is 31.9 Å². The Labute approximate surface area is 173 Å². The molecule has 0 saturated carbocycles. The molecule has 0 heterocycles. The third kappa shape index (κ3) is 4.24. The third-order valence-corrected chi connectivity index (χ3v) is 5.26. The van der Waals surface area contributed by atoms with Crippen molar-refractivity contribution >= 4 is 43.5 Å². The highest BCUT2D eigenvalue weighted by atomic mass is 79.9. The molecule has 0 atom stereocenters. The Hall–Kier alpha value is -2.13. The predicted octanol–water partition coefficient (Wildman–Crippen LogP) is 5.83. The summed E-state index contributed by atoms with van der Waals surface area (Å²) in [5, 5.41) is 11.6. The largest absolute Gasteiger partial charge is 0.490 e. The first-order valence-corrected chi connectivity index (χ1v) is 9.40. The quantitative estimate of drug-likeness (QED) is 0.280. The molecule has 2 aromatic rings. The van der Waals surface area contributed by atoms with Gasteiger partial charge >= 0.3 is 11.7 Å². The second-order valence-electron chi connectivity index (χ2n) is 5.79. The van der Waals surface area contributed by atoms with Crippen LogP contribution >= 0.6 is 31.9 Å². The van der Waals surface area contributed by atoms with Crippen LogP contribution in [0.15, 0.2) is 33.2 Å². The molecule has 7 nitrogen and oxygen atoms in total. The Morgan fingerprint density at radius 2 is 1.81 bits per heavy atom. The van der Waals surface area contributed by atoms with E-state index >= 15 is 0 Å². The molecule has 0 fully saturated rings. The molecule has 2 rings (SSSR count). The number of esters is 1. The van der Waals surface area contributed by atoms with E-state index in [0.29, 0.717) is 21.3 Å². The molecule has 27 heavy (non-hydrogen) atoms. The highest BCUT2D eigenvalue weighted by Gasteiger charge is 2.32. The molecule has 0 amide bonds. The number of carbonyl (C=O) groups excluding carboxylic acids is 1. The minimum Gasteiger partial charge on any atom is -0.490 e. The summed E-state index contributed by atoms with van der Waals surface area (Å²) in [7, 11) is 2.66. The highest BCUT2D eigenvalue weighted by Crippen LogP contribution is 2.52. The van der Waals surface area contributed by atoms with Gasteiger partial charge in [-0.1, -0.05) is 19.9 Å². The number of halogens is 2. The maximum Gasteiger partial charge on any atom is 0.337 e. The van der Waals surface area contributed by atoms with Crippen LogP contribution in [0.4, 0.5) is 5.69 Å². The molecule has 0 N–H and O–H groups in total. The van der Waals surface area contributed by atoms with Gasteiger partial charge in [-0.25, -0.2) is 4.79 Å². The summed E-state index contributed by atoms with van der Waals surface area (Å²) in [5.74, 6) is 0.109. The normalized spacial score (nSPS) is 10.6. The minimum absolute atomic E-state index is 0.0788. The number of benzene rings is 2. The summed E-state index contributed by atoms with van der Waals surface area (Å²) in [4.78, 5) is 22.8. The number of rotatable bonds is 6. The van der Waals surface area contributed by atoms with Crippen molar-refractivity contribution in [3.05, 3.63) is 54.5 Å². The van der Waals surface area contributed by atoms with Gasteiger partial charge in [0, 0.05) is 5.56 Å². The fourth-order valence-electron chi connectivity index (χ4n) is 2.55. The average molecular weight is 503 g/mol. The average Bonchev–Trinajstić information content (AvgIpc) is 2.63. The molecule has 0 radical (unpaired) electrons. The summed E-state index contributed by atoms with van der Waals surface area (Å²) < 4.78 is 16.6. The molecular formula is C18H17Br2NO6. The van der Waals surface area contributed by atoms with Gasteiger partial charge in [0.15, 0.2) is 5.75 Å². The van der Waals surface area contributed by atoms with Crippen molar-refractivity contribution in [2.24, 2.45) is 0 Å². The van der Waals surface area contributed by atoms with Gasteiger partial charge in [0.25, 0.3) is 0 Å². The number of nitro groups is 1. The lowest BCUT2D eigenvalue weighted by molar-refractivity contribution is -0.386. The summed E-state index contributed by atoms with van der Waals surface area (Å²) in [6.07, 6.45) is 0. The second-order valence-corrected chi connectivity index (χ2v) is 7.37. The number of methoxy groups -OCH3 is 2. The van der Waals surface area contributed by atoms with Crippen LogP contribution in [-0.2, 0) is 4.74 Å². The molecular weight excluding hydrogens is 486 g/mol. The number of ether oxygens (including phenoxy) is 3. The third-order valence-electron chi connectivity index (χ3n) is 3.74. The SMILES string of the molecule is COC(=O)c1cccc(Oc2c(Br)c(C(C)C)c(OC)c([N+](=O)[O-])c2Br)c1. The lowest BCUT2D eigenvalue weighted by Gasteiger charge is -2.19. The second kappa shape index (κ2) is 8.71. The van der Waals surface area contributed by atoms with Crippen LogP contribution in [-0.4, -0.2) is 25.1 Å². The van der Waals surface area contributed by atoms with E-state index in [0.717, 1.165) is 0 Å². The molecule has 0 aliphatic heterocycles. The first-order valence-electron chi connectivity index (χ1n) is 7.82. The molecule has 0 aliphatic carbocycles. The van der Waals surface area contributed by atoms with Crippen LogP contribution in [0.2, 0.25) is 0 Å². The predicted molar refractivity (Wildman–Crippen MR) is 107 cm³/mol. The first-order chi connectivity index (χ1) is 12.7. The van der Waals surface area contributed by atoms with Crippen LogP contribution in [0.25, 0.3) is 0 Å². The van der Waals surface area contributed by atoms with Gasteiger partial charge in [0.1, 0.15) is 10.2 Å². The number of hydrogen-bond donors (Lipinski definition) is 0. The lowest BCUT2D eigenvalue weighted by Crippen LogP contribution is -2.05. The molecule has 0 unspecified atom stereocenters. The van der Waals surface area contributed by atoms with Gasteiger partial charge in [-0.3, -0.25) is 10.1 Å². The minimum atomic E-state index is -0.529. The fraction of sp³-hybridized carbons (Fsp3) is 0.278. The van der Waals surface area contributed by atoms with Crippen molar-refractivity contribution < 1.29 is 23.9 Å². The van der Waals surface area contributed by atoms with Crippen molar-refractivity contribution in [1.29, 1.82) is 0 Å². The Kier molecular flexibility index (Phi) is 6.83. The fourth-order valence-corrected chi connectivity index (χ4v) is 4.34. The van der Waals surface area contributed by atoms with E-state index in [4.69, 9.17) is 14.2 Å². The van der Waals surface area contributed by atoms with E-state index in [1.807, 2.05) is 13.8 Å². The van der Waals surface area contributed by atoms with E-state index < -0.39 is 10.9 Å². The Bertz CT molecular complexity index is 898. The van der Waals surface area contributed by atoms with Gasteiger partial charge < -0.3 is 14.2 Å². The van der Waals surface area contributed by atoms with Crippen molar-refractivity contribution in [3.8, 4) is 17.2 Å². The topological polar surface area (TPSA) is 87.9 Å². The van der Waals surface area contributed by atoms with E-state index in [9.17, 15) is 14.9 Å². The van der Waals surface area contributed by atoms with Crippen LogP contribution in [0.5, 0.6) is 17.2 Å². The molecule has 2 aromatic carbocycles. The number of carbonyl (C=O) groups is 1. The Morgan fingerprint density at radius 1 is 1.15 bits per heavy atom. The van der Waals surface area contributed by atoms with Crippen LogP contribution in [0.3, 0.4) is 0 Å². The summed E-state index contributed by atoms with van der Waals surface area (Å²) in [6.45, 7) is 3.78. The molecule has 0 saturated heterocycles. The Balaban J connectivity index is 2.67. The molecule has 0 aliphatic rings. The van der Waals surface area contributed by atoms with Gasteiger partial charge in [-0.2, -0.15) is 0 Å². The number of nitro benzene ring substituents is 1. The maximum atomic E-state index is 11.7. The zero-order valence-corrected chi connectivity index (χ0v) is 18.2.